The second kappa shape index (κ2) is 5.67. The normalized spacial score (nSPS) is 12.0. The lowest BCUT2D eigenvalue weighted by molar-refractivity contribution is -0.117. The summed E-state index contributed by atoms with van der Waals surface area (Å²) in [5.74, 6) is -0.681. The molecule has 110 valence electrons. The summed E-state index contributed by atoms with van der Waals surface area (Å²) in [5, 5.41) is 2.88. The molecular formula is C12H15ClN2O3S2. The number of anilines is 1. The molecule has 0 aliphatic heterocycles. The highest BCUT2D eigenvalue weighted by Gasteiger charge is 2.38. The van der Waals surface area contributed by atoms with E-state index in [1.807, 2.05) is 0 Å². The maximum absolute atomic E-state index is 12.1. The van der Waals surface area contributed by atoms with Gasteiger partial charge in [-0.1, -0.05) is 23.8 Å². The number of sulfone groups is 1. The molecule has 0 heterocycles. The van der Waals surface area contributed by atoms with Gasteiger partial charge in [-0.25, -0.2) is 8.42 Å². The number of rotatable bonds is 4. The van der Waals surface area contributed by atoms with E-state index >= 15 is 0 Å². The smallest absolute Gasteiger partial charge is 0.245 e. The van der Waals surface area contributed by atoms with E-state index in [2.05, 4.69) is 5.32 Å². The fourth-order valence-corrected chi connectivity index (χ4v) is 2.01. The molecule has 1 rings (SSSR count). The first-order valence-electron chi connectivity index (χ1n) is 5.57. The third-order valence-electron chi connectivity index (χ3n) is 2.97. The molecular weight excluding hydrogens is 320 g/mol. The van der Waals surface area contributed by atoms with Crippen LogP contribution in [-0.2, 0) is 14.6 Å². The zero-order chi connectivity index (χ0) is 15.7. The van der Waals surface area contributed by atoms with E-state index in [1.54, 1.807) is 12.1 Å². The van der Waals surface area contributed by atoms with Gasteiger partial charge in [0.15, 0.2) is 9.84 Å². The first-order chi connectivity index (χ1) is 8.96. The zero-order valence-electron chi connectivity index (χ0n) is 11.2. The predicted molar refractivity (Wildman–Crippen MR) is 84.9 cm³/mol. The second-order valence-electron chi connectivity index (χ2n) is 4.79. The highest BCUT2D eigenvalue weighted by Crippen LogP contribution is 2.24. The summed E-state index contributed by atoms with van der Waals surface area (Å²) in [7, 11) is -3.57. The summed E-state index contributed by atoms with van der Waals surface area (Å²) < 4.78 is 21.7. The molecule has 1 aromatic carbocycles. The van der Waals surface area contributed by atoms with Crippen molar-refractivity contribution >= 4 is 50.2 Å². The fraction of sp³-hybridized carbons (Fsp3) is 0.333. The molecule has 0 saturated carbocycles. The molecule has 0 atom stereocenters. The molecule has 0 unspecified atom stereocenters. The molecule has 20 heavy (non-hydrogen) atoms. The minimum atomic E-state index is -3.57. The average Bonchev–Trinajstić information content (AvgIpc) is 2.26. The third-order valence-corrected chi connectivity index (χ3v) is 5.46. The molecule has 0 fully saturated rings. The van der Waals surface area contributed by atoms with E-state index in [4.69, 9.17) is 29.6 Å². The van der Waals surface area contributed by atoms with Crippen LogP contribution in [0.2, 0.25) is 5.02 Å². The second-order valence-corrected chi connectivity index (χ2v) is 8.23. The minimum absolute atomic E-state index is 0.0779. The minimum Gasteiger partial charge on any atom is -0.389 e. The van der Waals surface area contributed by atoms with Gasteiger partial charge in [0.1, 0.15) is 9.74 Å². The Kier molecular flexibility index (Phi) is 4.78. The van der Waals surface area contributed by atoms with Crippen LogP contribution in [0.3, 0.4) is 0 Å². The molecule has 0 saturated heterocycles. The number of nitrogens with two attached hydrogens (primary N) is 1. The van der Waals surface area contributed by atoms with Crippen LogP contribution in [-0.4, -0.2) is 30.3 Å². The molecule has 0 spiro atoms. The Bertz CT molecular complexity index is 669. The first-order valence-corrected chi connectivity index (χ1v) is 8.25. The number of halogens is 1. The predicted octanol–water partition coefficient (Wildman–Crippen LogP) is 1.74. The number of thiocarbonyl (C=S) groups is 1. The third kappa shape index (κ3) is 3.47. The van der Waals surface area contributed by atoms with E-state index in [9.17, 15) is 13.2 Å². The lowest BCUT2D eigenvalue weighted by atomic mass is 10.1. The monoisotopic (exact) mass is 334 g/mol. The van der Waals surface area contributed by atoms with Crippen LogP contribution in [0, 0.1) is 0 Å². The average molecular weight is 335 g/mol. The van der Waals surface area contributed by atoms with Gasteiger partial charge in [-0.3, -0.25) is 4.79 Å². The van der Waals surface area contributed by atoms with Crippen LogP contribution in [0.5, 0.6) is 0 Å². The number of amides is 1. The summed E-state index contributed by atoms with van der Waals surface area (Å²) >= 11 is 10.7. The van der Waals surface area contributed by atoms with E-state index < -0.39 is 20.5 Å². The van der Waals surface area contributed by atoms with Gasteiger partial charge in [-0.15, -0.1) is 0 Å². The molecule has 5 nitrogen and oxygen atoms in total. The number of benzene rings is 1. The lowest BCUT2D eigenvalue weighted by Gasteiger charge is -2.22. The molecule has 1 aromatic rings. The van der Waals surface area contributed by atoms with Crippen LogP contribution in [0.25, 0.3) is 0 Å². The van der Waals surface area contributed by atoms with Crippen molar-refractivity contribution in [2.45, 2.75) is 18.6 Å². The Balaban J connectivity index is 3.21. The van der Waals surface area contributed by atoms with Crippen molar-refractivity contribution in [3.63, 3.8) is 0 Å². The van der Waals surface area contributed by atoms with Crippen LogP contribution >= 0.6 is 23.8 Å². The van der Waals surface area contributed by atoms with Gasteiger partial charge < -0.3 is 11.1 Å². The van der Waals surface area contributed by atoms with Crippen LogP contribution in [0.15, 0.2) is 18.2 Å². The summed E-state index contributed by atoms with van der Waals surface area (Å²) in [5.41, 5.74) is 6.26. The van der Waals surface area contributed by atoms with Crippen molar-refractivity contribution in [1.82, 2.24) is 0 Å². The summed E-state index contributed by atoms with van der Waals surface area (Å²) in [6, 6.07) is 4.60. The van der Waals surface area contributed by atoms with E-state index in [-0.39, 0.29) is 10.7 Å². The van der Waals surface area contributed by atoms with Gasteiger partial charge >= 0.3 is 0 Å². The topological polar surface area (TPSA) is 89.3 Å². The SMILES string of the molecule is CC(C)(C(=O)Nc1cc(Cl)ccc1C(N)=S)S(C)(=O)=O. The van der Waals surface area contributed by atoms with E-state index in [0.717, 1.165) is 6.26 Å². The number of carbonyl (C=O) groups is 1. The van der Waals surface area contributed by atoms with Crippen LogP contribution in [0.1, 0.15) is 19.4 Å². The molecule has 3 N–H and O–H groups in total. The van der Waals surface area contributed by atoms with E-state index in [1.165, 1.54) is 19.9 Å². The molecule has 0 aliphatic carbocycles. The quantitative estimate of drug-likeness (QED) is 0.819. The van der Waals surface area contributed by atoms with Crippen molar-refractivity contribution in [2.75, 3.05) is 11.6 Å². The van der Waals surface area contributed by atoms with Gasteiger partial charge in [-0.2, -0.15) is 0 Å². The van der Waals surface area contributed by atoms with Crippen molar-refractivity contribution in [3.8, 4) is 0 Å². The maximum Gasteiger partial charge on any atom is 0.245 e. The Labute approximate surface area is 128 Å². The molecule has 0 radical (unpaired) electrons. The standard InChI is InChI=1S/C12H15ClN2O3S2/c1-12(2,20(3,17)18)11(16)15-9-6-7(13)4-5-8(9)10(14)19/h4-6H,1-3H3,(H2,14,19)(H,15,16). The van der Waals surface area contributed by atoms with Crippen molar-refractivity contribution in [3.05, 3.63) is 28.8 Å². The van der Waals surface area contributed by atoms with Gasteiger partial charge in [-0.05, 0) is 32.0 Å². The highest BCUT2D eigenvalue weighted by atomic mass is 35.5. The fourth-order valence-electron chi connectivity index (χ4n) is 1.28. The van der Waals surface area contributed by atoms with Gasteiger partial charge in [0, 0.05) is 16.8 Å². The largest absolute Gasteiger partial charge is 0.389 e. The molecule has 0 bridgehead atoms. The zero-order valence-corrected chi connectivity index (χ0v) is 13.6. The first kappa shape index (κ1) is 16.9. The molecule has 0 aromatic heterocycles. The Hall–Kier alpha value is -1.18. The summed E-state index contributed by atoms with van der Waals surface area (Å²) in [6.07, 6.45) is 0.999. The Morgan fingerprint density at radius 1 is 1.40 bits per heavy atom. The molecule has 8 heteroatoms. The molecule has 1 amide bonds. The number of hydrogen-bond acceptors (Lipinski definition) is 4. The van der Waals surface area contributed by atoms with Crippen molar-refractivity contribution in [1.29, 1.82) is 0 Å². The lowest BCUT2D eigenvalue weighted by Crippen LogP contribution is -2.44. The summed E-state index contributed by atoms with van der Waals surface area (Å²) in [6.45, 7) is 2.64. The van der Waals surface area contributed by atoms with Gasteiger partial charge in [0.2, 0.25) is 5.91 Å². The summed E-state index contributed by atoms with van der Waals surface area (Å²) in [4.78, 5) is 12.2. The Morgan fingerprint density at radius 2 is 1.95 bits per heavy atom. The van der Waals surface area contributed by atoms with Crippen molar-refractivity contribution < 1.29 is 13.2 Å². The van der Waals surface area contributed by atoms with Crippen LogP contribution < -0.4 is 11.1 Å². The highest BCUT2D eigenvalue weighted by molar-refractivity contribution is 7.92. The molecule has 0 aliphatic rings. The number of nitrogens with one attached hydrogen (secondary N) is 1. The maximum atomic E-state index is 12.1. The van der Waals surface area contributed by atoms with Crippen LogP contribution in [0.4, 0.5) is 5.69 Å². The number of carbonyl (C=O) groups excluding carboxylic acids is 1. The van der Waals surface area contributed by atoms with Gasteiger partial charge in [0.25, 0.3) is 0 Å². The number of hydrogen-bond donors (Lipinski definition) is 2. The Morgan fingerprint density at radius 3 is 2.40 bits per heavy atom. The van der Waals surface area contributed by atoms with Gasteiger partial charge in [0.05, 0.1) is 5.69 Å². The van der Waals surface area contributed by atoms with Crippen molar-refractivity contribution in [2.24, 2.45) is 5.73 Å². The van der Waals surface area contributed by atoms with E-state index in [0.29, 0.717) is 10.6 Å².